The van der Waals surface area contributed by atoms with Crippen LogP contribution in [0.2, 0.25) is 0 Å². The van der Waals surface area contributed by atoms with Crippen molar-refractivity contribution in [3.05, 3.63) is 71.9 Å². The number of rotatable bonds is 3. The molecule has 0 fully saturated rings. The van der Waals surface area contributed by atoms with Crippen molar-refractivity contribution in [3.8, 4) is 5.75 Å². The second-order valence-electron chi connectivity index (χ2n) is 5.12. The summed E-state index contributed by atoms with van der Waals surface area (Å²) < 4.78 is 0. The van der Waals surface area contributed by atoms with Gasteiger partial charge in [-0.25, -0.2) is 0 Å². The fraction of sp³-hybridized carbons (Fsp3) is 0.111. The molecular formula is C18H16N2O2. The summed E-state index contributed by atoms with van der Waals surface area (Å²) in [6, 6.07) is 16.6. The van der Waals surface area contributed by atoms with Crippen molar-refractivity contribution in [2.75, 3.05) is 0 Å². The third-order valence-electron chi connectivity index (χ3n) is 3.57. The number of hydrogen-bond donors (Lipinski definition) is 2. The highest BCUT2D eigenvalue weighted by molar-refractivity contribution is 5.86. The van der Waals surface area contributed by atoms with Crippen LogP contribution in [0.1, 0.15) is 24.1 Å². The Hall–Kier alpha value is -2.88. The fourth-order valence-corrected chi connectivity index (χ4v) is 2.57. The standard InChI is InChI=1S/C18H16N2O2/c1-12(21)20-16(13-6-3-2-4-7-13)15-10-9-14-8-5-11-19-17(14)18(15)22/h2-11,16,22H,1H3,(H,20,21). The zero-order valence-electron chi connectivity index (χ0n) is 12.2. The summed E-state index contributed by atoms with van der Waals surface area (Å²) in [6.07, 6.45) is 1.64. The summed E-state index contributed by atoms with van der Waals surface area (Å²) in [4.78, 5) is 15.8. The van der Waals surface area contributed by atoms with Crippen LogP contribution < -0.4 is 5.32 Å². The lowest BCUT2D eigenvalue weighted by Gasteiger charge is -2.20. The van der Waals surface area contributed by atoms with Crippen LogP contribution in [0.5, 0.6) is 5.75 Å². The average molecular weight is 292 g/mol. The van der Waals surface area contributed by atoms with Gasteiger partial charge in [-0.3, -0.25) is 9.78 Å². The number of aromatic nitrogens is 1. The molecule has 1 amide bonds. The van der Waals surface area contributed by atoms with Crippen molar-refractivity contribution in [2.24, 2.45) is 0 Å². The van der Waals surface area contributed by atoms with Crippen LogP contribution in [0, 0.1) is 0 Å². The molecule has 0 spiro atoms. The lowest BCUT2D eigenvalue weighted by Crippen LogP contribution is -2.27. The lowest BCUT2D eigenvalue weighted by molar-refractivity contribution is -0.119. The Bertz CT molecular complexity index is 816. The SMILES string of the molecule is CC(=O)NC(c1ccccc1)c1ccc2cccnc2c1O. The summed E-state index contributed by atoms with van der Waals surface area (Å²) in [7, 11) is 0. The third-order valence-corrected chi connectivity index (χ3v) is 3.57. The quantitative estimate of drug-likeness (QED) is 0.779. The van der Waals surface area contributed by atoms with Gasteiger partial charge >= 0.3 is 0 Å². The molecule has 1 aromatic heterocycles. The molecule has 22 heavy (non-hydrogen) atoms. The van der Waals surface area contributed by atoms with Gasteiger partial charge in [0.1, 0.15) is 11.3 Å². The Kier molecular flexibility index (Phi) is 3.74. The molecule has 1 heterocycles. The molecule has 4 nitrogen and oxygen atoms in total. The van der Waals surface area contributed by atoms with Gasteiger partial charge in [-0.15, -0.1) is 0 Å². The van der Waals surface area contributed by atoms with Crippen LogP contribution >= 0.6 is 0 Å². The van der Waals surface area contributed by atoms with E-state index in [-0.39, 0.29) is 11.7 Å². The minimum absolute atomic E-state index is 0.0979. The van der Waals surface area contributed by atoms with Crippen molar-refractivity contribution in [2.45, 2.75) is 13.0 Å². The number of hydrogen-bond acceptors (Lipinski definition) is 3. The molecule has 3 aromatic rings. The Morgan fingerprint density at radius 2 is 1.86 bits per heavy atom. The highest BCUT2D eigenvalue weighted by Gasteiger charge is 2.20. The Morgan fingerprint density at radius 3 is 2.59 bits per heavy atom. The minimum Gasteiger partial charge on any atom is -0.505 e. The maximum Gasteiger partial charge on any atom is 0.217 e. The van der Waals surface area contributed by atoms with Gasteiger partial charge in [-0.2, -0.15) is 0 Å². The van der Waals surface area contributed by atoms with Gasteiger partial charge < -0.3 is 10.4 Å². The zero-order valence-corrected chi connectivity index (χ0v) is 12.2. The first-order chi connectivity index (χ1) is 10.7. The molecule has 4 heteroatoms. The molecule has 3 rings (SSSR count). The first-order valence-electron chi connectivity index (χ1n) is 7.05. The van der Waals surface area contributed by atoms with Crippen molar-refractivity contribution in [1.82, 2.24) is 10.3 Å². The minimum atomic E-state index is -0.412. The van der Waals surface area contributed by atoms with Crippen LogP contribution in [-0.2, 0) is 4.79 Å². The van der Waals surface area contributed by atoms with Crippen molar-refractivity contribution in [3.63, 3.8) is 0 Å². The maximum absolute atomic E-state index is 11.6. The van der Waals surface area contributed by atoms with Gasteiger partial charge in [0, 0.05) is 24.1 Å². The van der Waals surface area contributed by atoms with Gasteiger partial charge in [0.15, 0.2) is 0 Å². The smallest absolute Gasteiger partial charge is 0.217 e. The largest absolute Gasteiger partial charge is 0.505 e. The fourth-order valence-electron chi connectivity index (χ4n) is 2.57. The van der Waals surface area contributed by atoms with E-state index in [0.717, 1.165) is 10.9 Å². The lowest BCUT2D eigenvalue weighted by atomic mass is 9.96. The summed E-state index contributed by atoms with van der Waals surface area (Å²) in [5.41, 5.74) is 2.07. The predicted molar refractivity (Wildman–Crippen MR) is 85.5 cm³/mol. The number of phenolic OH excluding ortho intramolecular Hbond substituents is 1. The molecule has 0 saturated carbocycles. The number of carbonyl (C=O) groups is 1. The van der Waals surface area contributed by atoms with Gasteiger partial charge in [0.25, 0.3) is 0 Å². The van der Waals surface area contributed by atoms with Crippen LogP contribution in [0.3, 0.4) is 0 Å². The topological polar surface area (TPSA) is 62.2 Å². The number of aromatic hydroxyl groups is 1. The van der Waals surface area contributed by atoms with Crippen molar-refractivity contribution < 1.29 is 9.90 Å². The van der Waals surface area contributed by atoms with E-state index in [2.05, 4.69) is 10.3 Å². The van der Waals surface area contributed by atoms with Gasteiger partial charge in [0.05, 0.1) is 6.04 Å². The second-order valence-corrected chi connectivity index (χ2v) is 5.12. The number of phenols is 1. The van der Waals surface area contributed by atoms with E-state index in [0.29, 0.717) is 11.1 Å². The van der Waals surface area contributed by atoms with E-state index in [1.165, 1.54) is 6.92 Å². The van der Waals surface area contributed by atoms with Crippen LogP contribution in [0.15, 0.2) is 60.8 Å². The number of nitrogens with one attached hydrogen (secondary N) is 1. The Labute approximate surface area is 128 Å². The molecular weight excluding hydrogens is 276 g/mol. The molecule has 0 bridgehead atoms. The molecule has 2 aromatic carbocycles. The Balaban J connectivity index is 2.16. The highest BCUT2D eigenvalue weighted by atomic mass is 16.3. The van der Waals surface area contributed by atoms with Crippen LogP contribution in [0.25, 0.3) is 10.9 Å². The molecule has 1 atom stereocenters. The van der Waals surface area contributed by atoms with Gasteiger partial charge in [0.2, 0.25) is 5.91 Å². The number of benzene rings is 2. The van der Waals surface area contributed by atoms with E-state index in [1.807, 2.05) is 54.6 Å². The van der Waals surface area contributed by atoms with Crippen molar-refractivity contribution >= 4 is 16.8 Å². The number of nitrogens with zero attached hydrogens (tertiary/aromatic N) is 1. The average Bonchev–Trinajstić information content (AvgIpc) is 2.54. The van der Waals surface area contributed by atoms with E-state index < -0.39 is 6.04 Å². The molecule has 0 aliphatic rings. The number of carbonyl (C=O) groups excluding carboxylic acids is 1. The van der Waals surface area contributed by atoms with Gasteiger partial charge in [-0.1, -0.05) is 48.5 Å². The molecule has 2 N–H and O–H groups in total. The summed E-state index contributed by atoms with van der Waals surface area (Å²) in [5, 5.41) is 14.3. The number of amides is 1. The number of pyridine rings is 1. The van der Waals surface area contributed by atoms with E-state index in [9.17, 15) is 9.90 Å². The molecule has 0 aliphatic heterocycles. The summed E-state index contributed by atoms with van der Waals surface area (Å²) in [5.74, 6) is -0.0601. The monoisotopic (exact) mass is 292 g/mol. The number of fused-ring (bicyclic) bond motifs is 1. The van der Waals surface area contributed by atoms with Crippen LogP contribution in [0.4, 0.5) is 0 Å². The second kappa shape index (κ2) is 5.85. The van der Waals surface area contributed by atoms with E-state index in [4.69, 9.17) is 0 Å². The first-order valence-corrected chi connectivity index (χ1v) is 7.05. The highest BCUT2D eigenvalue weighted by Crippen LogP contribution is 2.34. The predicted octanol–water partition coefficient (Wildman–Crippen LogP) is 3.17. The molecule has 0 saturated heterocycles. The Morgan fingerprint density at radius 1 is 1.09 bits per heavy atom. The molecule has 110 valence electrons. The molecule has 0 aliphatic carbocycles. The van der Waals surface area contributed by atoms with Crippen LogP contribution in [-0.4, -0.2) is 16.0 Å². The molecule has 0 radical (unpaired) electrons. The maximum atomic E-state index is 11.6. The first kappa shape index (κ1) is 14.1. The summed E-state index contributed by atoms with van der Waals surface area (Å²) in [6.45, 7) is 1.46. The molecule has 1 unspecified atom stereocenters. The van der Waals surface area contributed by atoms with Gasteiger partial charge in [-0.05, 0) is 11.6 Å². The zero-order chi connectivity index (χ0) is 15.5. The van der Waals surface area contributed by atoms with Crippen molar-refractivity contribution in [1.29, 1.82) is 0 Å². The van der Waals surface area contributed by atoms with E-state index >= 15 is 0 Å². The summed E-state index contributed by atoms with van der Waals surface area (Å²) >= 11 is 0. The normalized spacial score (nSPS) is 12.0. The third kappa shape index (κ3) is 2.63. The van der Waals surface area contributed by atoms with E-state index in [1.54, 1.807) is 6.20 Å².